The molecule has 0 bridgehead atoms. The molecule has 0 radical (unpaired) electrons. The summed E-state index contributed by atoms with van der Waals surface area (Å²) >= 11 is 5.98. The van der Waals surface area contributed by atoms with Crippen LogP contribution in [0.4, 0.5) is 5.69 Å². The van der Waals surface area contributed by atoms with Crippen molar-refractivity contribution in [1.82, 2.24) is 15.0 Å². The number of H-pyrrole nitrogens is 2. The summed E-state index contributed by atoms with van der Waals surface area (Å²) in [6, 6.07) is 7.05. The lowest BCUT2D eigenvalue weighted by Gasteiger charge is -2.09. The number of nitrogens with one attached hydrogen (secondary N) is 3. The summed E-state index contributed by atoms with van der Waals surface area (Å²) < 4.78 is 0. The van der Waals surface area contributed by atoms with Gasteiger partial charge in [-0.15, -0.1) is 0 Å². The number of nitrogens with zero attached hydrogens (tertiary/aromatic N) is 1. The van der Waals surface area contributed by atoms with Crippen LogP contribution < -0.4 is 5.32 Å². The van der Waals surface area contributed by atoms with Gasteiger partial charge in [0.2, 0.25) is 0 Å². The highest BCUT2D eigenvalue weighted by atomic mass is 35.5. The number of benzene rings is 1. The second kappa shape index (κ2) is 7.28. The predicted molar refractivity (Wildman–Crippen MR) is 104 cm³/mol. The highest BCUT2D eigenvalue weighted by Gasteiger charge is 2.16. The number of carboxylic acid groups (broad SMARTS) is 1. The molecular formula is C19H19ClN4O3. The summed E-state index contributed by atoms with van der Waals surface area (Å²) in [5.74, 6) is -1.19. The van der Waals surface area contributed by atoms with Gasteiger partial charge >= 0.3 is 5.97 Å². The van der Waals surface area contributed by atoms with Crippen molar-refractivity contribution in [1.29, 1.82) is 0 Å². The molecule has 0 atom stereocenters. The molecule has 1 aromatic carbocycles. The van der Waals surface area contributed by atoms with Crippen molar-refractivity contribution in [2.45, 2.75) is 27.2 Å². The van der Waals surface area contributed by atoms with Crippen molar-refractivity contribution in [2.24, 2.45) is 0 Å². The monoisotopic (exact) mass is 386 g/mol. The molecule has 2 heterocycles. The number of carbonyl (C=O) groups is 2. The van der Waals surface area contributed by atoms with Crippen LogP contribution in [0.15, 0.2) is 24.3 Å². The van der Waals surface area contributed by atoms with Gasteiger partial charge in [0.05, 0.1) is 11.3 Å². The van der Waals surface area contributed by atoms with Crippen LogP contribution in [0.5, 0.6) is 0 Å². The number of aryl methyl sites for hydroxylation is 3. The van der Waals surface area contributed by atoms with Crippen LogP contribution in [0, 0.1) is 13.8 Å². The Morgan fingerprint density at radius 3 is 2.52 bits per heavy atom. The van der Waals surface area contributed by atoms with Crippen molar-refractivity contribution in [2.75, 3.05) is 5.32 Å². The molecule has 0 saturated carbocycles. The first-order valence-electron chi connectivity index (χ1n) is 8.39. The summed E-state index contributed by atoms with van der Waals surface area (Å²) in [6.07, 6.45) is 0.654. The first-order valence-corrected chi connectivity index (χ1v) is 8.77. The van der Waals surface area contributed by atoms with Gasteiger partial charge in [0.15, 0.2) is 11.0 Å². The van der Waals surface area contributed by atoms with Gasteiger partial charge in [-0.2, -0.15) is 0 Å². The number of carboxylic acids is 1. The van der Waals surface area contributed by atoms with Gasteiger partial charge in [0.25, 0.3) is 5.91 Å². The van der Waals surface area contributed by atoms with E-state index in [1.54, 1.807) is 19.1 Å². The maximum absolute atomic E-state index is 12.4. The lowest BCUT2D eigenvalue weighted by atomic mass is 10.1. The van der Waals surface area contributed by atoms with Gasteiger partial charge in [0, 0.05) is 17.1 Å². The SMILES string of the molecule is CCc1[nH]c(C(=O)Nc2ccc(-c3cc(C(=O)O)c(C)[nH]3)cc2C)nc1Cl. The molecule has 3 aromatic rings. The molecule has 8 heteroatoms. The third-order valence-electron chi connectivity index (χ3n) is 4.33. The van der Waals surface area contributed by atoms with E-state index in [-0.39, 0.29) is 17.3 Å². The fraction of sp³-hybridized carbons (Fsp3) is 0.211. The van der Waals surface area contributed by atoms with Crippen LogP contribution in [-0.4, -0.2) is 31.9 Å². The molecule has 0 saturated heterocycles. The first-order chi connectivity index (χ1) is 12.8. The minimum atomic E-state index is -0.973. The van der Waals surface area contributed by atoms with Crippen LogP contribution >= 0.6 is 11.6 Å². The van der Waals surface area contributed by atoms with Crippen LogP contribution in [-0.2, 0) is 6.42 Å². The molecule has 140 valence electrons. The van der Waals surface area contributed by atoms with Crippen molar-refractivity contribution in [3.63, 3.8) is 0 Å². The Morgan fingerprint density at radius 2 is 1.96 bits per heavy atom. The maximum Gasteiger partial charge on any atom is 0.337 e. The lowest BCUT2D eigenvalue weighted by Crippen LogP contribution is -2.14. The van der Waals surface area contributed by atoms with E-state index >= 15 is 0 Å². The molecular weight excluding hydrogens is 368 g/mol. The van der Waals surface area contributed by atoms with Crippen LogP contribution in [0.2, 0.25) is 5.15 Å². The quantitative estimate of drug-likeness (QED) is 0.526. The van der Waals surface area contributed by atoms with E-state index in [2.05, 4.69) is 20.3 Å². The second-order valence-electron chi connectivity index (χ2n) is 6.22. The zero-order valence-corrected chi connectivity index (χ0v) is 15.9. The van der Waals surface area contributed by atoms with Gasteiger partial charge in [-0.3, -0.25) is 4.79 Å². The number of anilines is 1. The highest BCUT2D eigenvalue weighted by Crippen LogP contribution is 2.26. The van der Waals surface area contributed by atoms with Gasteiger partial charge in [-0.05, 0) is 49.6 Å². The summed E-state index contributed by atoms with van der Waals surface area (Å²) in [5.41, 5.74) is 4.54. The summed E-state index contributed by atoms with van der Waals surface area (Å²) in [4.78, 5) is 33.6. The summed E-state index contributed by atoms with van der Waals surface area (Å²) in [5, 5.41) is 12.3. The Labute approximate surface area is 160 Å². The van der Waals surface area contributed by atoms with E-state index in [9.17, 15) is 14.7 Å². The van der Waals surface area contributed by atoms with Crippen LogP contribution in [0.3, 0.4) is 0 Å². The van der Waals surface area contributed by atoms with E-state index in [1.807, 2.05) is 26.0 Å². The van der Waals surface area contributed by atoms with E-state index in [0.717, 1.165) is 11.1 Å². The van der Waals surface area contributed by atoms with Crippen molar-refractivity contribution >= 4 is 29.2 Å². The topological polar surface area (TPSA) is 111 Å². The Kier molecular flexibility index (Phi) is 5.05. The molecule has 4 N–H and O–H groups in total. The maximum atomic E-state index is 12.4. The number of hydrogen-bond donors (Lipinski definition) is 4. The van der Waals surface area contributed by atoms with Crippen molar-refractivity contribution < 1.29 is 14.7 Å². The molecule has 1 amide bonds. The minimum absolute atomic E-state index is 0.159. The van der Waals surface area contributed by atoms with E-state index in [1.165, 1.54) is 0 Å². The number of halogens is 1. The smallest absolute Gasteiger partial charge is 0.337 e. The normalized spacial score (nSPS) is 10.8. The molecule has 0 unspecified atom stereocenters. The number of hydrogen-bond acceptors (Lipinski definition) is 3. The van der Waals surface area contributed by atoms with E-state index < -0.39 is 5.97 Å². The molecule has 0 fully saturated rings. The number of aromatic nitrogens is 3. The molecule has 3 rings (SSSR count). The van der Waals surface area contributed by atoms with Gasteiger partial charge in [-0.25, -0.2) is 9.78 Å². The fourth-order valence-corrected chi connectivity index (χ4v) is 3.08. The van der Waals surface area contributed by atoms with Crippen LogP contribution in [0.25, 0.3) is 11.3 Å². The zero-order chi connectivity index (χ0) is 19.7. The average Bonchev–Trinajstić information content (AvgIpc) is 3.19. The second-order valence-corrected chi connectivity index (χ2v) is 6.58. The minimum Gasteiger partial charge on any atom is -0.478 e. The van der Waals surface area contributed by atoms with Crippen LogP contribution in [0.1, 0.15) is 44.9 Å². The molecule has 0 aliphatic carbocycles. The van der Waals surface area contributed by atoms with E-state index in [0.29, 0.717) is 34.3 Å². The molecule has 2 aromatic heterocycles. The lowest BCUT2D eigenvalue weighted by molar-refractivity contribution is 0.0696. The predicted octanol–water partition coefficient (Wildman–Crippen LogP) is 4.19. The number of amides is 1. The Hall–Kier alpha value is -3.06. The van der Waals surface area contributed by atoms with Gasteiger partial charge in [-0.1, -0.05) is 24.6 Å². The largest absolute Gasteiger partial charge is 0.478 e. The Bertz CT molecular complexity index is 1040. The van der Waals surface area contributed by atoms with Gasteiger partial charge < -0.3 is 20.4 Å². The van der Waals surface area contributed by atoms with Gasteiger partial charge in [0.1, 0.15) is 0 Å². The third kappa shape index (κ3) is 3.73. The highest BCUT2D eigenvalue weighted by molar-refractivity contribution is 6.30. The Balaban J connectivity index is 1.83. The Morgan fingerprint density at radius 1 is 1.22 bits per heavy atom. The molecule has 7 nitrogen and oxygen atoms in total. The third-order valence-corrected chi connectivity index (χ3v) is 4.64. The average molecular weight is 387 g/mol. The standard InChI is InChI=1S/C19H19ClN4O3/c1-4-13-16(20)24-17(22-13)18(25)23-14-6-5-11(7-9(14)2)15-8-12(19(26)27)10(3)21-15/h5-8,21H,4H2,1-3H3,(H,22,24)(H,23,25)(H,26,27). The molecule has 0 aliphatic rings. The molecule has 0 aliphatic heterocycles. The summed E-state index contributed by atoms with van der Waals surface area (Å²) in [6.45, 7) is 5.50. The summed E-state index contributed by atoms with van der Waals surface area (Å²) in [7, 11) is 0. The van der Waals surface area contributed by atoms with Crippen molar-refractivity contribution in [3.8, 4) is 11.3 Å². The number of aromatic carboxylic acids is 1. The first kappa shape index (κ1) is 18.7. The van der Waals surface area contributed by atoms with E-state index in [4.69, 9.17) is 11.6 Å². The van der Waals surface area contributed by atoms with Crippen molar-refractivity contribution in [3.05, 3.63) is 57.8 Å². The molecule has 0 spiro atoms. The number of carbonyl (C=O) groups excluding carboxylic acids is 1. The number of imidazole rings is 1. The number of aromatic amines is 2. The number of rotatable bonds is 5. The zero-order valence-electron chi connectivity index (χ0n) is 15.1. The molecule has 27 heavy (non-hydrogen) atoms. The fourth-order valence-electron chi connectivity index (χ4n) is 2.82.